The van der Waals surface area contributed by atoms with Crippen molar-refractivity contribution in [3.63, 3.8) is 0 Å². The Kier molecular flexibility index (Phi) is 3.69. The van der Waals surface area contributed by atoms with Gasteiger partial charge in [-0.05, 0) is 42.3 Å². The lowest BCUT2D eigenvalue weighted by Gasteiger charge is -2.24. The third kappa shape index (κ3) is 3.09. The molecule has 1 unspecified atom stereocenters. The molecule has 0 bridgehead atoms. The molecule has 0 aromatic heterocycles. The van der Waals surface area contributed by atoms with Crippen LogP contribution in [-0.2, 0) is 12.0 Å². The molecule has 2 aromatic carbocycles. The van der Waals surface area contributed by atoms with Crippen LogP contribution in [0.5, 0.6) is 0 Å². The normalized spacial score (nSPS) is 14.2. The van der Waals surface area contributed by atoms with E-state index >= 15 is 0 Å². The van der Waals surface area contributed by atoms with E-state index in [2.05, 4.69) is 0 Å². The summed E-state index contributed by atoms with van der Waals surface area (Å²) >= 11 is 5.91. The van der Waals surface area contributed by atoms with Gasteiger partial charge in [-0.1, -0.05) is 35.9 Å². The molecule has 0 fully saturated rings. The quantitative estimate of drug-likeness (QED) is 0.891. The predicted octanol–water partition coefficient (Wildman–Crippen LogP) is 3.93. The molecule has 1 N–H and O–H groups in total. The van der Waals surface area contributed by atoms with Gasteiger partial charge < -0.3 is 5.11 Å². The Morgan fingerprint density at radius 3 is 2.44 bits per heavy atom. The average Bonchev–Trinajstić information content (AvgIpc) is 2.29. The van der Waals surface area contributed by atoms with Crippen LogP contribution in [-0.4, -0.2) is 5.11 Å². The number of halogens is 2. The lowest BCUT2D eigenvalue weighted by Crippen LogP contribution is -2.24. The largest absolute Gasteiger partial charge is 0.385 e. The van der Waals surface area contributed by atoms with Gasteiger partial charge in [-0.15, -0.1) is 0 Å². The van der Waals surface area contributed by atoms with Gasteiger partial charge in [-0.3, -0.25) is 0 Å². The van der Waals surface area contributed by atoms with Gasteiger partial charge in [0.05, 0.1) is 5.60 Å². The summed E-state index contributed by atoms with van der Waals surface area (Å²) in [5.41, 5.74) is 0.582. The molecule has 0 heterocycles. The SMILES string of the molecule is CC(O)(Cc1cccc(Cl)c1)c1ccc(F)cc1. The van der Waals surface area contributed by atoms with Crippen molar-refractivity contribution in [1.82, 2.24) is 0 Å². The topological polar surface area (TPSA) is 20.2 Å². The van der Waals surface area contributed by atoms with Crippen LogP contribution in [0, 0.1) is 5.82 Å². The van der Waals surface area contributed by atoms with E-state index in [0.29, 0.717) is 17.0 Å². The zero-order valence-corrected chi connectivity index (χ0v) is 10.8. The van der Waals surface area contributed by atoms with Crippen LogP contribution < -0.4 is 0 Å². The second-order valence-corrected chi connectivity index (χ2v) is 5.02. The lowest BCUT2D eigenvalue weighted by molar-refractivity contribution is 0.0576. The molecule has 94 valence electrons. The molecule has 0 aliphatic carbocycles. The van der Waals surface area contributed by atoms with E-state index in [1.54, 1.807) is 25.1 Å². The summed E-state index contributed by atoms with van der Waals surface area (Å²) in [5.74, 6) is -0.308. The van der Waals surface area contributed by atoms with E-state index in [9.17, 15) is 9.50 Å². The monoisotopic (exact) mass is 264 g/mol. The highest BCUT2D eigenvalue weighted by atomic mass is 35.5. The highest BCUT2D eigenvalue weighted by Crippen LogP contribution is 2.26. The standard InChI is InChI=1S/C15H14ClFO/c1-15(18,12-5-7-14(17)8-6-12)10-11-3-2-4-13(16)9-11/h2-9,18H,10H2,1H3. The van der Waals surface area contributed by atoms with Crippen LogP contribution in [0.1, 0.15) is 18.1 Å². The Bertz CT molecular complexity index is 534. The molecule has 1 nitrogen and oxygen atoms in total. The Labute approximate surface area is 111 Å². The highest BCUT2D eigenvalue weighted by molar-refractivity contribution is 6.30. The molecule has 0 radical (unpaired) electrons. The molecule has 2 aromatic rings. The van der Waals surface area contributed by atoms with Crippen LogP contribution in [0.2, 0.25) is 5.02 Å². The van der Waals surface area contributed by atoms with Gasteiger partial charge in [0.1, 0.15) is 5.82 Å². The molecule has 2 rings (SSSR count). The maximum Gasteiger partial charge on any atom is 0.123 e. The molecular formula is C15H14ClFO. The third-order valence-electron chi connectivity index (χ3n) is 2.90. The fourth-order valence-electron chi connectivity index (χ4n) is 1.96. The van der Waals surface area contributed by atoms with Crippen LogP contribution >= 0.6 is 11.6 Å². The van der Waals surface area contributed by atoms with Crippen molar-refractivity contribution in [3.05, 3.63) is 70.5 Å². The zero-order chi connectivity index (χ0) is 13.2. The first-order valence-corrected chi connectivity index (χ1v) is 6.08. The summed E-state index contributed by atoms with van der Waals surface area (Å²) in [6.45, 7) is 1.71. The fraction of sp³-hybridized carbons (Fsp3) is 0.200. The minimum Gasteiger partial charge on any atom is -0.385 e. The van der Waals surface area contributed by atoms with E-state index in [1.807, 2.05) is 18.2 Å². The molecular weight excluding hydrogens is 251 g/mol. The van der Waals surface area contributed by atoms with Crippen LogP contribution in [0.25, 0.3) is 0 Å². The molecule has 18 heavy (non-hydrogen) atoms. The third-order valence-corrected chi connectivity index (χ3v) is 3.14. The van der Waals surface area contributed by atoms with Gasteiger partial charge in [0, 0.05) is 11.4 Å². The molecule has 3 heteroatoms. The van der Waals surface area contributed by atoms with Crippen LogP contribution in [0.4, 0.5) is 4.39 Å². The number of benzene rings is 2. The van der Waals surface area contributed by atoms with Crippen molar-refractivity contribution in [2.75, 3.05) is 0 Å². The fourth-order valence-corrected chi connectivity index (χ4v) is 2.17. The number of hydrogen-bond donors (Lipinski definition) is 1. The molecule has 0 saturated heterocycles. The Balaban J connectivity index is 2.23. The molecule has 0 aliphatic heterocycles. The maximum absolute atomic E-state index is 12.9. The van der Waals surface area contributed by atoms with Crippen LogP contribution in [0.15, 0.2) is 48.5 Å². The zero-order valence-electron chi connectivity index (χ0n) is 10.0. The first-order chi connectivity index (χ1) is 8.47. The Morgan fingerprint density at radius 2 is 1.83 bits per heavy atom. The van der Waals surface area contributed by atoms with Crippen molar-refractivity contribution in [3.8, 4) is 0 Å². The number of rotatable bonds is 3. The number of hydrogen-bond acceptors (Lipinski definition) is 1. The Morgan fingerprint density at radius 1 is 1.17 bits per heavy atom. The molecule has 1 atom stereocenters. The van der Waals surface area contributed by atoms with E-state index in [4.69, 9.17) is 11.6 Å². The molecule has 0 aliphatic rings. The van der Waals surface area contributed by atoms with Crippen molar-refractivity contribution in [1.29, 1.82) is 0 Å². The van der Waals surface area contributed by atoms with Gasteiger partial charge in [-0.2, -0.15) is 0 Å². The first-order valence-electron chi connectivity index (χ1n) is 5.70. The molecule has 0 saturated carbocycles. The Hall–Kier alpha value is -1.38. The second kappa shape index (κ2) is 5.09. The van der Waals surface area contributed by atoms with E-state index < -0.39 is 5.60 Å². The van der Waals surface area contributed by atoms with E-state index in [0.717, 1.165) is 5.56 Å². The van der Waals surface area contributed by atoms with Crippen molar-refractivity contribution >= 4 is 11.6 Å². The summed E-state index contributed by atoms with van der Waals surface area (Å²) in [6, 6.07) is 13.3. The summed E-state index contributed by atoms with van der Waals surface area (Å²) < 4.78 is 12.9. The van der Waals surface area contributed by atoms with E-state index in [1.165, 1.54) is 12.1 Å². The summed E-state index contributed by atoms with van der Waals surface area (Å²) in [7, 11) is 0. The smallest absolute Gasteiger partial charge is 0.123 e. The number of aliphatic hydroxyl groups is 1. The summed E-state index contributed by atoms with van der Waals surface area (Å²) in [4.78, 5) is 0. The van der Waals surface area contributed by atoms with Crippen molar-refractivity contribution < 1.29 is 9.50 Å². The van der Waals surface area contributed by atoms with Crippen molar-refractivity contribution in [2.45, 2.75) is 18.9 Å². The minimum absolute atomic E-state index is 0.308. The molecule has 0 spiro atoms. The first kappa shape index (κ1) is 13.1. The highest BCUT2D eigenvalue weighted by Gasteiger charge is 2.23. The summed E-state index contributed by atoms with van der Waals surface area (Å²) in [6.07, 6.45) is 0.430. The van der Waals surface area contributed by atoms with Gasteiger partial charge in [0.15, 0.2) is 0 Å². The average molecular weight is 265 g/mol. The van der Waals surface area contributed by atoms with E-state index in [-0.39, 0.29) is 5.82 Å². The lowest BCUT2D eigenvalue weighted by atomic mass is 9.89. The maximum atomic E-state index is 12.9. The summed E-state index contributed by atoms with van der Waals surface area (Å²) in [5, 5.41) is 11.1. The van der Waals surface area contributed by atoms with Gasteiger partial charge in [-0.25, -0.2) is 4.39 Å². The minimum atomic E-state index is -1.04. The van der Waals surface area contributed by atoms with Gasteiger partial charge in [0.2, 0.25) is 0 Å². The van der Waals surface area contributed by atoms with Crippen LogP contribution in [0.3, 0.4) is 0 Å². The molecule has 0 amide bonds. The van der Waals surface area contributed by atoms with Gasteiger partial charge in [0.25, 0.3) is 0 Å². The van der Waals surface area contributed by atoms with Gasteiger partial charge >= 0.3 is 0 Å². The predicted molar refractivity (Wildman–Crippen MR) is 71.1 cm³/mol. The second-order valence-electron chi connectivity index (χ2n) is 4.59. The van der Waals surface area contributed by atoms with Crippen molar-refractivity contribution in [2.24, 2.45) is 0 Å².